The molecule has 8 heteroatoms. The van der Waals surface area contributed by atoms with Crippen molar-refractivity contribution >= 4 is 23.5 Å². The zero-order valence-corrected chi connectivity index (χ0v) is 15.5. The molecule has 1 amide bonds. The predicted molar refractivity (Wildman–Crippen MR) is 101 cm³/mol. The van der Waals surface area contributed by atoms with Crippen LogP contribution in [-0.2, 0) is 0 Å². The number of ether oxygens (including phenoxy) is 1. The highest BCUT2D eigenvalue weighted by Crippen LogP contribution is 2.30. The molecule has 0 saturated carbocycles. The van der Waals surface area contributed by atoms with E-state index in [1.54, 1.807) is 24.3 Å². The number of hydrogen-bond acceptors (Lipinski definition) is 4. The smallest absolute Gasteiger partial charge is 0.260 e. The third kappa shape index (κ3) is 4.01. The predicted octanol–water partition coefficient (Wildman–Crippen LogP) is 3.84. The number of nitrogens with zero attached hydrogens (tertiary/aromatic N) is 2. The molecule has 0 radical (unpaired) electrons. The van der Waals surface area contributed by atoms with Crippen molar-refractivity contribution in [2.75, 3.05) is 25.6 Å². The van der Waals surface area contributed by atoms with Gasteiger partial charge < -0.3 is 15.0 Å². The quantitative estimate of drug-likeness (QED) is 0.622. The Morgan fingerprint density at radius 3 is 2.57 bits per heavy atom. The molecule has 5 nitrogen and oxygen atoms in total. The summed E-state index contributed by atoms with van der Waals surface area (Å²) in [5, 5.41) is 3.13. The van der Waals surface area contributed by atoms with Gasteiger partial charge in [0.15, 0.2) is 17.5 Å². The van der Waals surface area contributed by atoms with Gasteiger partial charge >= 0.3 is 0 Å². The van der Waals surface area contributed by atoms with Crippen molar-refractivity contribution in [3.05, 3.63) is 53.3 Å². The molecule has 0 aliphatic carbocycles. The summed E-state index contributed by atoms with van der Waals surface area (Å²) in [5.41, 5.74) is -0.398. The number of carbonyl (C=O) groups is 1. The van der Waals surface area contributed by atoms with Crippen molar-refractivity contribution in [2.45, 2.75) is 18.9 Å². The lowest BCUT2D eigenvalue weighted by molar-refractivity contribution is 0.0992. The fourth-order valence-electron chi connectivity index (χ4n) is 2.98. The molecule has 3 rings (SSSR count). The van der Waals surface area contributed by atoms with E-state index in [1.165, 1.54) is 25.3 Å². The topological polar surface area (TPSA) is 53.9 Å². The van der Waals surface area contributed by atoms with E-state index in [9.17, 15) is 18.0 Å². The average Bonchev–Trinajstić information content (AvgIpc) is 3.23. The second-order valence-electron chi connectivity index (χ2n) is 6.43. The van der Waals surface area contributed by atoms with Gasteiger partial charge in [-0.15, -0.1) is 0 Å². The van der Waals surface area contributed by atoms with Crippen LogP contribution in [-0.4, -0.2) is 38.9 Å². The molecule has 0 aromatic heterocycles. The van der Waals surface area contributed by atoms with Crippen molar-refractivity contribution in [1.82, 2.24) is 5.32 Å². The molecule has 1 atom stereocenters. The van der Waals surface area contributed by atoms with Crippen molar-refractivity contribution in [1.29, 1.82) is 0 Å². The Bertz CT molecular complexity index is 895. The van der Waals surface area contributed by atoms with Crippen LogP contribution in [0.25, 0.3) is 0 Å². The summed E-state index contributed by atoms with van der Waals surface area (Å²) in [5.74, 6) is -4.70. The number of carbonyl (C=O) groups excluding carboxylic acids is 1. The maximum Gasteiger partial charge on any atom is 0.260 e. The number of methoxy groups -OCH3 is 1. The van der Waals surface area contributed by atoms with Crippen LogP contribution >= 0.6 is 0 Å². The van der Waals surface area contributed by atoms with Crippen LogP contribution in [0.3, 0.4) is 0 Å². The van der Waals surface area contributed by atoms with Gasteiger partial charge in [0.1, 0.15) is 11.4 Å². The van der Waals surface area contributed by atoms with Gasteiger partial charge in [0.2, 0.25) is 0 Å². The average molecular weight is 391 g/mol. The van der Waals surface area contributed by atoms with Gasteiger partial charge in [0.25, 0.3) is 5.91 Å². The summed E-state index contributed by atoms with van der Waals surface area (Å²) >= 11 is 0. The van der Waals surface area contributed by atoms with Crippen LogP contribution in [0.5, 0.6) is 5.75 Å². The minimum atomic E-state index is -1.66. The van der Waals surface area contributed by atoms with Crippen LogP contribution < -0.4 is 15.0 Å². The maximum atomic E-state index is 14.4. The number of hydrogen-bond donors (Lipinski definition) is 1. The Labute approximate surface area is 160 Å². The second-order valence-corrected chi connectivity index (χ2v) is 6.43. The second kappa shape index (κ2) is 8.43. The fraction of sp³-hybridized carbons (Fsp3) is 0.300. The Hall–Kier alpha value is -2.87. The van der Waals surface area contributed by atoms with E-state index in [0.717, 1.165) is 19.4 Å². The van der Waals surface area contributed by atoms with Gasteiger partial charge in [-0.2, -0.15) is 0 Å². The molecule has 2 aromatic rings. The van der Waals surface area contributed by atoms with Crippen molar-refractivity contribution in [3.8, 4) is 5.75 Å². The van der Waals surface area contributed by atoms with E-state index >= 15 is 0 Å². The highest BCUT2D eigenvalue weighted by molar-refractivity contribution is 6.09. The normalized spacial score (nSPS) is 16.5. The maximum absolute atomic E-state index is 14.4. The lowest BCUT2D eigenvalue weighted by Gasteiger charge is -2.19. The molecule has 148 valence electrons. The number of rotatable bonds is 5. The molecule has 0 spiro atoms. The van der Waals surface area contributed by atoms with E-state index in [-0.39, 0.29) is 11.6 Å². The molecule has 1 fully saturated rings. The molecule has 1 aliphatic rings. The first kappa shape index (κ1) is 19.9. The van der Waals surface area contributed by atoms with Crippen LogP contribution in [0.4, 0.5) is 24.5 Å². The first-order chi connectivity index (χ1) is 13.4. The van der Waals surface area contributed by atoms with Crippen molar-refractivity contribution in [2.24, 2.45) is 4.99 Å². The standard InChI is InChI=1S/C20H20F3N3O2/c1-26(13-5-7-14(28-2)8-6-13)20(27)15-10-16(21)17(22)18(23)19(15)25-11-12-4-3-9-24-12/h5-8,10-12,24H,3-4,9H2,1-2H3. The van der Waals surface area contributed by atoms with Gasteiger partial charge in [-0.25, -0.2) is 13.2 Å². The lowest BCUT2D eigenvalue weighted by atomic mass is 10.1. The Morgan fingerprint density at radius 2 is 1.96 bits per heavy atom. The van der Waals surface area contributed by atoms with Crippen LogP contribution in [0.15, 0.2) is 35.3 Å². The number of amides is 1. The molecule has 0 bridgehead atoms. The zero-order chi connectivity index (χ0) is 20.3. The van der Waals surface area contributed by atoms with Crippen LogP contribution in [0.1, 0.15) is 23.2 Å². The van der Waals surface area contributed by atoms with Crippen molar-refractivity contribution < 1.29 is 22.7 Å². The first-order valence-corrected chi connectivity index (χ1v) is 8.79. The van der Waals surface area contributed by atoms with Gasteiger partial charge in [0.05, 0.1) is 12.7 Å². The Morgan fingerprint density at radius 1 is 1.25 bits per heavy atom. The van der Waals surface area contributed by atoms with E-state index in [1.807, 2.05) is 0 Å². The molecule has 1 saturated heterocycles. The lowest BCUT2D eigenvalue weighted by Crippen LogP contribution is -2.27. The monoisotopic (exact) mass is 391 g/mol. The van der Waals surface area contributed by atoms with Gasteiger partial charge in [-0.05, 0) is 49.7 Å². The number of benzene rings is 2. The highest BCUT2D eigenvalue weighted by Gasteiger charge is 2.25. The summed E-state index contributed by atoms with van der Waals surface area (Å²) in [6, 6.07) is 7.12. The molecule has 28 heavy (non-hydrogen) atoms. The summed E-state index contributed by atoms with van der Waals surface area (Å²) < 4.78 is 47.0. The molecule has 1 aliphatic heterocycles. The third-order valence-electron chi connectivity index (χ3n) is 4.61. The zero-order valence-electron chi connectivity index (χ0n) is 15.5. The molecular weight excluding hydrogens is 371 g/mol. The summed E-state index contributed by atoms with van der Waals surface area (Å²) in [7, 11) is 2.97. The number of nitrogens with one attached hydrogen (secondary N) is 1. The Kier molecular flexibility index (Phi) is 5.99. The van der Waals surface area contributed by atoms with Crippen LogP contribution in [0, 0.1) is 17.5 Å². The molecule has 2 aromatic carbocycles. The van der Waals surface area contributed by atoms with Crippen LogP contribution in [0.2, 0.25) is 0 Å². The molecule has 1 heterocycles. The van der Waals surface area contributed by atoms with Gasteiger partial charge in [-0.3, -0.25) is 9.79 Å². The Balaban J connectivity index is 1.97. The van der Waals surface area contributed by atoms with E-state index < -0.39 is 29.0 Å². The minimum absolute atomic E-state index is 0.102. The summed E-state index contributed by atoms with van der Waals surface area (Å²) in [4.78, 5) is 18.1. The number of aliphatic imine (C=N–C) groups is 1. The SMILES string of the molecule is COc1ccc(N(C)C(=O)c2cc(F)c(F)c(F)c2N=CC2CCCN2)cc1. The minimum Gasteiger partial charge on any atom is -0.497 e. The summed E-state index contributed by atoms with van der Waals surface area (Å²) in [6.07, 6.45) is 3.15. The fourth-order valence-corrected chi connectivity index (χ4v) is 2.98. The van der Waals surface area contributed by atoms with E-state index in [2.05, 4.69) is 10.3 Å². The molecular formula is C20H20F3N3O2. The largest absolute Gasteiger partial charge is 0.497 e. The van der Waals surface area contributed by atoms with E-state index in [4.69, 9.17) is 4.74 Å². The van der Waals surface area contributed by atoms with Gasteiger partial charge in [-0.1, -0.05) is 0 Å². The first-order valence-electron chi connectivity index (χ1n) is 8.79. The van der Waals surface area contributed by atoms with E-state index in [0.29, 0.717) is 17.5 Å². The molecule has 1 N–H and O–H groups in total. The molecule has 1 unspecified atom stereocenters. The third-order valence-corrected chi connectivity index (χ3v) is 4.61. The number of halogens is 3. The number of anilines is 1. The highest BCUT2D eigenvalue weighted by atomic mass is 19.2. The van der Waals surface area contributed by atoms with Crippen molar-refractivity contribution in [3.63, 3.8) is 0 Å². The van der Waals surface area contributed by atoms with Gasteiger partial charge in [0, 0.05) is 25.0 Å². The summed E-state index contributed by atoms with van der Waals surface area (Å²) in [6.45, 7) is 0.795.